The van der Waals surface area contributed by atoms with Gasteiger partial charge in [0.15, 0.2) is 6.10 Å². The first-order valence-corrected chi connectivity index (χ1v) is 7.45. The molecule has 1 rings (SSSR count). The molecule has 122 valence electrons. The van der Waals surface area contributed by atoms with Gasteiger partial charge < -0.3 is 15.2 Å². The van der Waals surface area contributed by atoms with Crippen LogP contribution >= 0.6 is 11.6 Å². The molecule has 0 heterocycles. The highest BCUT2D eigenvalue weighted by atomic mass is 35.5. The van der Waals surface area contributed by atoms with Crippen LogP contribution in [0.25, 0.3) is 0 Å². The summed E-state index contributed by atoms with van der Waals surface area (Å²) in [6.45, 7) is 7.09. The van der Waals surface area contributed by atoms with Gasteiger partial charge in [0, 0.05) is 12.0 Å². The number of amides is 1. The molecule has 0 saturated carbocycles. The van der Waals surface area contributed by atoms with Crippen LogP contribution in [0.1, 0.15) is 39.2 Å². The van der Waals surface area contributed by atoms with Crippen molar-refractivity contribution in [1.82, 2.24) is 5.32 Å². The van der Waals surface area contributed by atoms with Crippen LogP contribution in [0.2, 0.25) is 5.02 Å². The number of aliphatic carboxylic acids is 1. The van der Waals surface area contributed by atoms with Crippen molar-refractivity contribution in [2.24, 2.45) is 0 Å². The Morgan fingerprint density at radius 3 is 2.64 bits per heavy atom. The van der Waals surface area contributed by atoms with Crippen LogP contribution < -0.4 is 10.1 Å². The fourth-order valence-corrected chi connectivity index (χ4v) is 2.02. The summed E-state index contributed by atoms with van der Waals surface area (Å²) in [5, 5.41) is 12.0. The minimum Gasteiger partial charge on any atom is -0.481 e. The van der Waals surface area contributed by atoms with Crippen molar-refractivity contribution in [3.05, 3.63) is 28.8 Å². The molecule has 1 aromatic carbocycles. The third-order valence-corrected chi connectivity index (χ3v) is 3.50. The van der Waals surface area contributed by atoms with Gasteiger partial charge in [0.1, 0.15) is 5.75 Å². The van der Waals surface area contributed by atoms with E-state index in [0.29, 0.717) is 17.2 Å². The molecular weight excluding hydrogens is 306 g/mol. The van der Waals surface area contributed by atoms with Crippen molar-refractivity contribution in [3.8, 4) is 5.75 Å². The van der Waals surface area contributed by atoms with Crippen molar-refractivity contribution in [2.75, 3.05) is 0 Å². The number of rotatable bonds is 7. The number of halogens is 1. The first-order valence-electron chi connectivity index (χ1n) is 7.07. The van der Waals surface area contributed by atoms with E-state index in [2.05, 4.69) is 5.32 Å². The first-order chi connectivity index (χ1) is 10.1. The lowest BCUT2D eigenvalue weighted by Gasteiger charge is -2.27. The number of carboxylic acids is 1. The number of benzene rings is 1. The van der Waals surface area contributed by atoms with Gasteiger partial charge in [0.05, 0.1) is 5.02 Å². The molecular formula is C16H22ClNO4. The maximum atomic E-state index is 12.2. The molecule has 0 spiro atoms. The number of hydrogen-bond donors (Lipinski definition) is 2. The molecule has 22 heavy (non-hydrogen) atoms. The predicted molar refractivity (Wildman–Crippen MR) is 85.4 cm³/mol. The third kappa shape index (κ3) is 5.93. The van der Waals surface area contributed by atoms with Crippen LogP contribution in [-0.2, 0) is 9.59 Å². The van der Waals surface area contributed by atoms with E-state index in [0.717, 1.165) is 5.56 Å². The molecule has 6 heteroatoms. The number of aryl methyl sites for hydroxylation is 1. The highest BCUT2D eigenvalue weighted by Gasteiger charge is 2.25. The molecule has 0 radical (unpaired) electrons. The van der Waals surface area contributed by atoms with E-state index < -0.39 is 17.6 Å². The molecule has 1 amide bonds. The van der Waals surface area contributed by atoms with E-state index in [1.54, 1.807) is 32.9 Å². The van der Waals surface area contributed by atoms with Gasteiger partial charge in [-0.2, -0.15) is 0 Å². The van der Waals surface area contributed by atoms with Gasteiger partial charge in [-0.1, -0.05) is 17.7 Å². The molecule has 0 aliphatic rings. The monoisotopic (exact) mass is 327 g/mol. The minimum atomic E-state index is -0.891. The number of nitrogens with one attached hydrogen (secondary N) is 1. The van der Waals surface area contributed by atoms with Gasteiger partial charge in [-0.05, 0) is 51.8 Å². The summed E-state index contributed by atoms with van der Waals surface area (Å²) >= 11 is 6.04. The summed E-state index contributed by atoms with van der Waals surface area (Å²) in [4.78, 5) is 22.8. The van der Waals surface area contributed by atoms with Crippen molar-refractivity contribution in [1.29, 1.82) is 0 Å². The van der Waals surface area contributed by atoms with Crippen molar-refractivity contribution in [2.45, 2.75) is 52.2 Å². The van der Waals surface area contributed by atoms with E-state index in [-0.39, 0.29) is 12.3 Å². The lowest BCUT2D eigenvalue weighted by molar-refractivity contribution is -0.138. The molecule has 2 N–H and O–H groups in total. The summed E-state index contributed by atoms with van der Waals surface area (Å²) in [5.41, 5.74) is 0.359. The lowest BCUT2D eigenvalue weighted by atomic mass is 9.98. The topological polar surface area (TPSA) is 75.6 Å². The van der Waals surface area contributed by atoms with Gasteiger partial charge in [-0.15, -0.1) is 0 Å². The number of carbonyl (C=O) groups excluding carboxylic acids is 1. The van der Waals surface area contributed by atoms with Crippen molar-refractivity contribution >= 4 is 23.5 Å². The zero-order valence-electron chi connectivity index (χ0n) is 13.3. The van der Waals surface area contributed by atoms with Gasteiger partial charge >= 0.3 is 5.97 Å². The van der Waals surface area contributed by atoms with Gasteiger partial charge in [-0.3, -0.25) is 9.59 Å². The number of carboxylic acid groups (broad SMARTS) is 1. The van der Waals surface area contributed by atoms with E-state index in [1.807, 2.05) is 13.0 Å². The molecule has 1 atom stereocenters. The van der Waals surface area contributed by atoms with Gasteiger partial charge in [-0.25, -0.2) is 0 Å². The highest BCUT2D eigenvalue weighted by molar-refractivity contribution is 6.32. The van der Waals surface area contributed by atoms with E-state index in [1.165, 1.54) is 0 Å². The van der Waals surface area contributed by atoms with E-state index in [9.17, 15) is 9.59 Å². The first kappa shape index (κ1) is 18.3. The molecule has 0 aliphatic carbocycles. The smallest absolute Gasteiger partial charge is 0.303 e. The SMILES string of the molecule is Cc1ccc(Cl)c(OC(C)C(=O)NC(C)(C)CCC(=O)O)c1. The Labute approximate surface area is 135 Å². The number of ether oxygens (including phenoxy) is 1. The van der Waals surface area contributed by atoms with E-state index >= 15 is 0 Å². The zero-order valence-corrected chi connectivity index (χ0v) is 14.0. The summed E-state index contributed by atoms with van der Waals surface area (Å²) in [6, 6.07) is 5.34. The van der Waals surface area contributed by atoms with Crippen LogP contribution in [0.4, 0.5) is 0 Å². The molecule has 1 unspecified atom stereocenters. The Morgan fingerprint density at radius 2 is 2.05 bits per heavy atom. The average Bonchev–Trinajstić information content (AvgIpc) is 2.40. The number of hydrogen-bond acceptors (Lipinski definition) is 3. The Bertz CT molecular complexity index is 557. The maximum Gasteiger partial charge on any atom is 0.303 e. The largest absolute Gasteiger partial charge is 0.481 e. The number of carbonyl (C=O) groups is 2. The quantitative estimate of drug-likeness (QED) is 0.806. The Kier molecular flexibility index (Phi) is 6.23. The molecule has 0 fully saturated rings. The normalized spacial score (nSPS) is 12.6. The predicted octanol–water partition coefficient (Wildman–Crippen LogP) is 3.18. The highest BCUT2D eigenvalue weighted by Crippen LogP contribution is 2.26. The van der Waals surface area contributed by atoms with Crippen LogP contribution in [0.15, 0.2) is 18.2 Å². The maximum absolute atomic E-state index is 12.2. The summed E-state index contributed by atoms with van der Waals surface area (Å²) in [5.74, 6) is -0.751. The molecule has 5 nitrogen and oxygen atoms in total. The lowest BCUT2D eigenvalue weighted by Crippen LogP contribution is -2.48. The molecule has 0 aromatic heterocycles. The van der Waals surface area contributed by atoms with Crippen LogP contribution in [0.5, 0.6) is 5.75 Å². The molecule has 1 aromatic rings. The summed E-state index contributed by atoms with van der Waals surface area (Å²) in [6.07, 6.45) is -0.401. The second-order valence-electron chi connectivity index (χ2n) is 5.96. The molecule has 0 aliphatic heterocycles. The average molecular weight is 328 g/mol. The summed E-state index contributed by atoms with van der Waals surface area (Å²) < 4.78 is 5.60. The fourth-order valence-electron chi connectivity index (χ4n) is 1.86. The fraction of sp³-hybridized carbons (Fsp3) is 0.500. The van der Waals surface area contributed by atoms with Crippen LogP contribution in [-0.4, -0.2) is 28.6 Å². The van der Waals surface area contributed by atoms with Crippen molar-refractivity contribution < 1.29 is 19.4 Å². The zero-order chi connectivity index (χ0) is 16.9. The van der Waals surface area contributed by atoms with Gasteiger partial charge in [0.25, 0.3) is 5.91 Å². The Balaban J connectivity index is 2.65. The van der Waals surface area contributed by atoms with Gasteiger partial charge in [0.2, 0.25) is 0 Å². The van der Waals surface area contributed by atoms with E-state index in [4.69, 9.17) is 21.4 Å². The second-order valence-corrected chi connectivity index (χ2v) is 6.37. The second kappa shape index (κ2) is 7.49. The Morgan fingerprint density at radius 1 is 1.41 bits per heavy atom. The summed E-state index contributed by atoms with van der Waals surface area (Å²) in [7, 11) is 0. The minimum absolute atomic E-state index is 0.00771. The third-order valence-electron chi connectivity index (χ3n) is 3.19. The Hall–Kier alpha value is -1.75. The molecule has 0 bridgehead atoms. The molecule has 0 saturated heterocycles. The standard InChI is InChI=1S/C16H22ClNO4/c1-10-5-6-12(17)13(9-10)22-11(2)15(21)18-16(3,4)8-7-14(19)20/h5-6,9,11H,7-8H2,1-4H3,(H,18,21)(H,19,20). The van der Waals surface area contributed by atoms with Crippen LogP contribution in [0.3, 0.4) is 0 Å². The van der Waals surface area contributed by atoms with Crippen molar-refractivity contribution in [3.63, 3.8) is 0 Å². The van der Waals surface area contributed by atoms with Crippen LogP contribution in [0, 0.1) is 6.92 Å².